The van der Waals surface area contributed by atoms with E-state index in [0.29, 0.717) is 30.3 Å². The number of aromatic nitrogens is 2. The molecule has 2 N–H and O–H groups in total. The molecule has 2 rings (SSSR count). The minimum absolute atomic E-state index is 0.445. The van der Waals surface area contributed by atoms with Crippen LogP contribution in [0.3, 0.4) is 0 Å². The van der Waals surface area contributed by atoms with Crippen LogP contribution in [0.2, 0.25) is 0 Å². The third kappa shape index (κ3) is 2.41. The molecule has 0 saturated carbocycles. The largest absolute Gasteiger partial charge is 0.424 e. The van der Waals surface area contributed by atoms with E-state index in [9.17, 15) is 0 Å². The maximum absolute atomic E-state index is 5.83. The van der Waals surface area contributed by atoms with Crippen LogP contribution in [0.25, 0.3) is 0 Å². The Bertz CT molecular complexity index is 338. The van der Waals surface area contributed by atoms with Crippen LogP contribution < -0.4 is 5.73 Å². The summed E-state index contributed by atoms with van der Waals surface area (Å²) >= 11 is 0. The lowest BCUT2D eigenvalue weighted by Gasteiger charge is -2.38. The molecule has 1 fully saturated rings. The Balaban J connectivity index is 2.02. The molecule has 0 amide bonds. The van der Waals surface area contributed by atoms with Crippen LogP contribution in [0.15, 0.2) is 4.42 Å². The van der Waals surface area contributed by atoms with E-state index in [4.69, 9.17) is 10.2 Å². The van der Waals surface area contributed by atoms with Gasteiger partial charge in [-0.2, -0.15) is 0 Å². The van der Waals surface area contributed by atoms with Gasteiger partial charge in [0.25, 0.3) is 0 Å². The lowest BCUT2D eigenvalue weighted by atomic mass is 9.91. The van der Waals surface area contributed by atoms with Crippen LogP contribution in [0.4, 0.5) is 0 Å². The second kappa shape index (κ2) is 4.93. The molecule has 90 valence electrons. The monoisotopic (exact) mass is 224 g/mol. The van der Waals surface area contributed by atoms with Crippen molar-refractivity contribution in [3.63, 3.8) is 0 Å². The predicted molar refractivity (Wildman–Crippen MR) is 60.7 cm³/mol. The first-order chi connectivity index (χ1) is 7.70. The van der Waals surface area contributed by atoms with Crippen molar-refractivity contribution < 1.29 is 4.42 Å². The van der Waals surface area contributed by atoms with Gasteiger partial charge in [-0.3, -0.25) is 4.90 Å². The standard InChI is InChI=1S/C11H20N4O/c1-8-4-3-5-15(10(8)6-12)7-11-14-13-9(2)16-11/h8,10H,3-7,12H2,1-2H3. The molecule has 1 saturated heterocycles. The Labute approximate surface area is 96.0 Å². The molecular weight excluding hydrogens is 204 g/mol. The Hall–Kier alpha value is -0.940. The number of rotatable bonds is 3. The number of aryl methyl sites for hydroxylation is 1. The Kier molecular flexibility index (Phi) is 3.56. The van der Waals surface area contributed by atoms with Gasteiger partial charge < -0.3 is 10.2 Å². The van der Waals surface area contributed by atoms with Crippen molar-refractivity contribution in [3.05, 3.63) is 11.8 Å². The summed E-state index contributed by atoms with van der Waals surface area (Å²) < 4.78 is 5.41. The van der Waals surface area contributed by atoms with Gasteiger partial charge in [-0.05, 0) is 25.3 Å². The second-order valence-corrected chi connectivity index (χ2v) is 4.61. The maximum Gasteiger partial charge on any atom is 0.230 e. The zero-order valence-electron chi connectivity index (χ0n) is 10.0. The highest BCUT2D eigenvalue weighted by Crippen LogP contribution is 2.23. The van der Waals surface area contributed by atoms with Gasteiger partial charge in [0, 0.05) is 19.5 Å². The highest BCUT2D eigenvalue weighted by Gasteiger charge is 2.28. The number of likely N-dealkylation sites (tertiary alicyclic amines) is 1. The highest BCUT2D eigenvalue weighted by atomic mass is 16.4. The van der Waals surface area contributed by atoms with E-state index in [1.54, 1.807) is 0 Å². The Morgan fingerprint density at radius 1 is 1.50 bits per heavy atom. The third-order valence-electron chi connectivity index (χ3n) is 3.38. The molecule has 16 heavy (non-hydrogen) atoms. The summed E-state index contributed by atoms with van der Waals surface area (Å²) in [6.07, 6.45) is 2.49. The molecule has 2 heterocycles. The summed E-state index contributed by atoms with van der Waals surface area (Å²) in [5, 5.41) is 7.88. The summed E-state index contributed by atoms with van der Waals surface area (Å²) in [6.45, 7) is 6.59. The van der Waals surface area contributed by atoms with E-state index >= 15 is 0 Å². The zero-order valence-corrected chi connectivity index (χ0v) is 10.0. The predicted octanol–water partition coefficient (Wildman–Crippen LogP) is 0.937. The topological polar surface area (TPSA) is 68.2 Å². The van der Waals surface area contributed by atoms with Crippen LogP contribution in [0.5, 0.6) is 0 Å². The van der Waals surface area contributed by atoms with Crippen molar-refractivity contribution in [1.82, 2.24) is 15.1 Å². The average Bonchev–Trinajstić information content (AvgIpc) is 2.64. The summed E-state index contributed by atoms with van der Waals surface area (Å²) in [5.41, 5.74) is 5.83. The van der Waals surface area contributed by atoms with Gasteiger partial charge >= 0.3 is 0 Å². The molecule has 2 unspecified atom stereocenters. The van der Waals surface area contributed by atoms with Crippen LogP contribution in [-0.4, -0.2) is 34.2 Å². The van der Waals surface area contributed by atoms with Crippen molar-refractivity contribution in [2.24, 2.45) is 11.7 Å². The molecular formula is C11H20N4O. The minimum Gasteiger partial charge on any atom is -0.424 e. The summed E-state index contributed by atoms with van der Waals surface area (Å²) in [7, 11) is 0. The molecule has 2 atom stereocenters. The van der Waals surface area contributed by atoms with Crippen LogP contribution in [0.1, 0.15) is 31.5 Å². The maximum atomic E-state index is 5.83. The normalized spacial score (nSPS) is 27.2. The Morgan fingerprint density at radius 3 is 2.94 bits per heavy atom. The van der Waals surface area contributed by atoms with Gasteiger partial charge in [0.15, 0.2) is 0 Å². The second-order valence-electron chi connectivity index (χ2n) is 4.61. The minimum atomic E-state index is 0.445. The van der Waals surface area contributed by atoms with Gasteiger partial charge in [-0.25, -0.2) is 0 Å². The van der Waals surface area contributed by atoms with Crippen LogP contribution in [0, 0.1) is 12.8 Å². The molecule has 1 aliphatic heterocycles. The van der Waals surface area contributed by atoms with E-state index in [1.165, 1.54) is 12.8 Å². The SMILES string of the molecule is Cc1nnc(CN2CCCC(C)C2CN)o1. The number of hydrogen-bond acceptors (Lipinski definition) is 5. The zero-order chi connectivity index (χ0) is 11.5. The number of nitrogens with two attached hydrogens (primary N) is 1. The first-order valence-corrected chi connectivity index (χ1v) is 5.94. The lowest BCUT2D eigenvalue weighted by molar-refractivity contribution is 0.0895. The van der Waals surface area contributed by atoms with Gasteiger partial charge in [-0.15, -0.1) is 10.2 Å². The average molecular weight is 224 g/mol. The fourth-order valence-electron chi connectivity index (χ4n) is 2.49. The van der Waals surface area contributed by atoms with Gasteiger partial charge in [0.05, 0.1) is 6.54 Å². The smallest absolute Gasteiger partial charge is 0.230 e. The fraction of sp³-hybridized carbons (Fsp3) is 0.818. The molecule has 5 nitrogen and oxygen atoms in total. The highest BCUT2D eigenvalue weighted by molar-refractivity contribution is 4.87. The first-order valence-electron chi connectivity index (χ1n) is 5.94. The molecule has 1 aliphatic rings. The van der Waals surface area contributed by atoms with E-state index in [0.717, 1.165) is 13.1 Å². The number of piperidine rings is 1. The van der Waals surface area contributed by atoms with Crippen molar-refractivity contribution in [2.45, 2.75) is 39.3 Å². The van der Waals surface area contributed by atoms with Crippen LogP contribution in [-0.2, 0) is 6.54 Å². The molecule has 0 aromatic carbocycles. The van der Waals surface area contributed by atoms with E-state index in [2.05, 4.69) is 22.0 Å². The van der Waals surface area contributed by atoms with Gasteiger partial charge in [-0.1, -0.05) is 6.92 Å². The summed E-state index contributed by atoms with van der Waals surface area (Å²) in [6, 6.07) is 0.445. The van der Waals surface area contributed by atoms with E-state index < -0.39 is 0 Å². The molecule has 1 aromatic heterocycles. The van der Waals surface area contributed by atoms with E-state index in [-0.39, 0.29) is 0 Å². The molecule has 5 heteroatoms. The van der Waals surface area contributed by atoms with Crippen molar-refractivity contribution in [2.75, 3.05) is 13.1 Å². The van der Waals surface area contributed by atoms with Crippen molar-refractivity contribution in [3.8, 4) is 0 Å². The molecule has 1 aromatic rings. The Morgan fingerprint density at radius 2 is 2.31 bits per heavy atom. The summed E-state index contributed by atoms with van der Waals surface area (Å²) in [5.74, 6) is 1.98. The van der Waals surface area contributed by atoms with Gasteiger partial charge in [0.2, 0.25) is 11.8 Å². The number of hydrogen-bond donors (Lipinski definition) is 1. The molecule has 0 radical (unpaired) electrons. The van der Waals surface area contributed by atoms with Gasteiger partial charge in [0.1, 0.15) is 0 Å². The van der Waals surface area contributed by atoms with Crippen molar-refractivity contribution >= 4 is 0 Å². The van der Waals surface area contributed by atoms with Crippen LogP contribution >= 0.6 is 0 Å². The molecule has 0 spiro atoms. The third-order valence-corrected chi connectivity index (χ3v) is 3.38. The van der Waals surface area contributed by atoms with Crippen molar-refractivity contribution in [1.29, 1.82) is 0 Å². The molecule has 0 bridgehead atoms. The summed E-state index contributed by atoms with van der Waals surface area (Å²) in [4.78, 5) is 2.36. The number of nitrogens with zero attached hydrogens (tertiary/aromatic N) is 3. The first kappa shape index (κ1) is 11.5. The fourth-order valence-corrected chi connectivity index (χ4v) is 2.49. The lowest BCUT2D eigenvalue weighted by Crippen LogP contribution is -2.48. The molecule has 0 aliphatic carbocycles. The van der Waals surface area contributed by atoms with E-state index in [1.807, 2.05) is 6.92 Å². The quantitative estimate of drug-likeness (QED) is 0.827.